The molecule has 3 N–H and O–H groups in total. The first-order valence-corrected chi connectivity index (χ1v) is 7.07. The molecule has 1 aliphatic heterocycles. The summed E-state index contributed by atoms with van der Waals surface area (Å²) in [7, 11) is 0. The zero-order chi connectivity index (χ0) is 13.7. The van der Waals surface area contributed by atoms with Gasteiger partial charge in [-0.15, -0.1) is 12.4 Å². The number of amides is 1. The fraction of sp³-hybridized carbons (Fsp3) is 0.500. The number of nitrogens with two attached hydrogens (primary N) is 1. The minimum atomic E-state index is 0. The van der Waals surface area contributed by atoms with Gasteiger partial charge < -0.3 is 16.0 Å². The second-order valence-corrected chi connectivity index (χ2v) is 5.25. The molecule has 1 aromatic carbocycles. The molecule has 0 aliphatic carbocycles. The van der Waals surface area contributed by atoms with E-state index in [1.54, 1.807) is 0 Å². The lowest BCUT2D eigenvalue weighted by Gasteiger charge is -2.35. The van der Waals surface area contributed by atoms with Gasteiger partial charge >= 0.3 is 0 Å². The fourth-order valence-electron chi connectivity index (χ4n) is 2.45. The maximum Gasteiger partial charge on any atom is 0.221 e. The average Bonchev–Trinajstić information content (AvgIpc) is 2.40. The molecule has 1 fully saturated rings. The molecule has 1 aromatic rings. The maximum absolute atomic E-state index is 11.6. The van der Waals surface area contributed by atoms with Crippen LogP contribution in [0.1, 0.15) is 19.3 Å². The van der Waals surface area contributed by atoms with Gasteiger partial charge in [0.1, 0.15) is 0 Å². The van der Waals surface area contributed by atoms with E-state index < -0.39 is 0 Å². The van der Waals surface area contributed by atoms with Gasteiger partial charge in [-0.25, -0.2) is 0 Å². The molecule has 0 aromatic heterocycles. The second-order valence-electron chi connectivity index (χ2n) is 4.84. The monoisotopic (exact) mass is 317 g/mol. The highest BCUT2D eigenvalue weighted by atomic mass is 35.5. The highest BCUT2D eigenvalue weighted by molar-refractivity contribution is 6.33. The van der Waals surface area contributed by atoms with Crippen molar-refractivity contribution < 1.29 is 4.79 Å². The van der Waals surface area contributed by atoms with Gasteiger partial charge in [0.25, 0.3) is 0 Å². The third-order valence-corrected chi connectivity index (χ3v) is 3.67. The Kier molecular flexibility index (Phi) is 7.13. The van der Waals surface area contributed by atoms with Crippen molar-refractivity contribution in [3.8, 4) is 0 Å². The Hall–Kier alpha value is -0.970. The molecule has 1 unspecified atom stereocenters. The van der Waals surface area contributed by atoms with Crippen LogP contribution in [0.5, 0.6) is 0 Å². The number of piperidine rings is 1. The quantitative estimate of drug-likeness (QED) is 0.895. The zero-order valence-electron chi connectivity index (χ0n) is 11.3. The predicted octanol–water partition coefficient (Wildman–Crippen LogP) is 2.20. The highest BCUT2D eigenvalue weighted by Gasteiger charge is 2.22. The van der Waals surface area contributed by atoms with Gasteiger partial charge in [0.2, 0.25) is 5.91 Å². The van der Waals surface area contributed by atoms with Crippen LogP contribution >= 0.6 is 24.0 Å². The summed E-state index contributed by atoms with van der Waals surface area (Å²) in [6.45, 7) is 2.18. The first-order chi connectivity index (χ1) is 9.20. The summed E-state index contributed by atoms with van der Waals surface area (Å²) in [5.74, 6) is 0.0357. The fourth-order valence-corrected chi connectivity index (χ4v) is 2.71. The lowest BCUT2D eigenvalue weighted by Crippen LogP contribution is -2.48. The molecule has 6 heteroatoms. The summed E-state index contributed by atoms with van der Waals surface area (Å²) in [6, 6.07) is 8.01. The van der Waals surface area contributed by atoms with Crippen LogP contribution in [0.25, 0.3) is 0 Å². The Labute approximate surface area is 131 Å². The minimum absolute atomic E-state index is 0. The lowest BCUT2D eigenvalue weighted by molar-refractivity contribution is -0.121. The Balaban J connectivity index is 0.00000200. The van der Waals surface area contributed by atoms with Crippen molar-refractivity contribution in [3.63, 3.8) is 0 Å². The van der Waals surface area contributed by atoms with Crippen molar-refractivity contribution >= 4 is 35.6 Å². The van der Waals surface area contributed by atoms with Gasteiger partial charge in [0.05, 0.1) is 10.7 Å². The van der Waals surface area contributed by atoms with Crippen molar-refractivity contribution in [2.45, 2.75) is 25.3 Å². The number of hydrogen-bond acceptors (Lipinski definition) is 3. The number of carbonyl (C=O) groups excluding carboxylic acids is 1. The first kappa shape index (κ1) is 17.1. The molecule has 1 amide bonds. The average molecular weight is 318 g/mol. The van der Waals surface area contributed by atoms with E-state index in [2.05, 4.69) is 10.2 Å². The first-order valence-electron chi connectivity index (χ1n) is 6.69. The summed E-state index contributed by atoms with van der Waals surface area (Å²) in [4.78, 5) is 13.8. The number of nitrogens with zero attached hydrogens (tertiary/aromatic N) is 1. The van der Waals surface area contributed by atoms with Crippen LogP contribution in [-0.4, -0.2) is 31.6 Å². The Morgan fingerprint density at radius 1 is 1.45 bits per heavy atom. The standard InChI is InChI=1S/C14H20ClN3O.ClH/c15-12-5-1-2-6-13(12)18-9-3-4-11(10-18)17-14(19)7-8-16;/h1-2,5-6,11H,3-4,7-10,16H2,(H,17,19);1H. The van der Waals surface area contributed by atoms with Crippen molar-refractivity contribution in [1.29, 1.82) is 0 Å². The van der Waals surface area contributed by atoms with E-state index in [-0.39, 0.29) is 24.4 Å². The number of rotatable bonds is 4. The summed E-state index contributed by atoms with van der Waals surface area (Å²) >= 11 is 6.22. The summed E-state index contributed by atoms with van der Waals surface area (Å²) in [5, 5.41) is 3.80. The number of halogens is 2. The van der Waals surface area contributed by atoms with E-state index >= 15 is 0 Å². The molecule has 112 valence electrons. The van der Waals surface area contributed by atoms with Crippen LogP contribution < -0.4 is 16.0 Å². The normalized spacial score (nSPS) is 18.3. The third kappa shape index (κ3) is 4.54. The van der Waals surface area contributed by atoms with Crippen LogP contribution in [-0.2, 0) is 4.79 Å². The molecule has 2 rings (SSSR count). The largest absolute Gasteiger partial charge is 0.368 e. The number of benzene rings is 1. The van der Waals surface area contributed by atoms with Gasteiger partial charge in [-0.2, -0.15) is 0 Å². The predicted molar refractivity (Wildman–Crippen MR) is 85.7 cm³/mol. The van der Waals surface area contributed by atoms with Crippen molar-refractivity contribution in [2.24, 2.45) is 5.73 Å². The van der Waals surface area contributed by atoms with Gasteiger partial charge in [-0.05, 0) is 25.0 Å². The molecular formula is C14H21Cl2N3O. The Morgan fingerprint density at radius 3 is 2.90 bits per heavy atom. The lowest BCUT2D eigenvalue weighted by atomic mass is 10.0. The molecule has 1 atom stereocenters. The number of para-hydroxylation sites is 1. The smallest absolute Gasteiger partial charge is 0.221 e. The van der Waals surface area contributed by atoms with Crippen molar-refractivity contribution in [1.82, 2.24) is 5.32 Å². The van der Waals surface area contributed by atoms with E-state index in [0.29, 0.717) is 13.0 Å². The van der Waals surface area contributed by atoms with Crippen LogP contribution in [0.4, 0.5) is 5.69 Å². The second kappa shape index (κ2) is 8.35. The van der Waals surface area contributed by atoms with Gasteiger partial charge in [0.15, 0.2) is 0 Å². The minimum Gasteiger partial charge on any atom is -0.368 e. The molecular weight excluding hydrogens is 297 g/mol. The van der Waals surface area contributed by atoms with Gasteiger partial charge in [-0.3, -0.25) is 4.79 Å². The van der Waals surface area contributed by atoms with Gasteiger partial charge in [0, 0.05) is 32.1 Å². The molecule has 20 heavy (non-hydrogen) atoms. The van der Waals surface area contributed by atoms with Crippen molar-refractivity contribution in [2.75, 3.05) is 24.5 Å². The van der Waals surface area contributed by atoms with Crippen molar-refractivity contribution in [3.05, 3.63) is 29.3 Å². The summed E-state index contributed by atoms with van der Waals surface area (Å²) in [6.07, 6.45) is 2.46. The zero-order valence-corrected chi connectivity index (χ0v) is 12.9. The van der Waals surface area contributed by atoms with Gasteiger partial charge in [-0.1, -0.05) is 23.7 Å². The Bertz CT molecular complexity index is 442. The number of anilines is 1. The van der Waals surface area contributed by atoms with E-state index in [0.717, 1.165) is 36.6 Å². The van der Waals surface area contributed by atoms with E-state index in [4.69, 9.17) is 17.3 Å². The van der Waals surface area contributed by atoms with Crippen LogP contribution in [0.15, 0.2) is 24.3 Å². The van der Waals surface area contributed by atoms with E-state index in [9.17, 15) is 4.79 Å². The SMILES string of the molecule is Cl.NCCC(=O)NC1CCCN(c2ccccc2Cl)C1. The molecule has 0 bridgehead atoms. The number of nitrogens with one attached hydrogen (secondary N) is 1. The highest BCUT2D eigenvalue weighted by Crippen LogP contribution is 2.27. The molecule has 4 nitrogen and oxygen atoms in total. The van der Waals surface area contributed by atoms with Crippen LogP contribution in [0, 0.1) is 0 Å². The summed E-state index contributed by atoms with van der Waals surface area (Å²) < 4.78 is 0. The molecule has 0 spiro atoms. The molecule has 0 radical (unpaired) electrons. The maximum atomic E-state index is 11.6. The van der Waals surface area contributed by atoms with E-state index in [1.807, 2.05) is 24.3 Å². The third-order valence-electron chi connectivity index (χ3n) is 3.35. The molecule has 0 saturated carbocycles. The summed E-state index contributed by atoms with van der Waals surface area (Å²) in [5.41, 5.74) is 6.43. The van der Waals surface area contributed by atoms with Crippen LogP contribution in [0.2, 0.25) is 5.02 Å². The number of hydrogen-bond donors (Lipinski definition) is 2. The molecule has 1 saturated heterocycles. The molecule has 1 heterocycles. The van der Waals surface area contributed by atoms with Crippen LogP contribution in [0.3, 0.4) is 0 Å². The Morgan fingerprint density at radius 2 is 2.20 bits per heavy atom. The molecule has 1 aliphatic rings. The topological polar surface area (TPSA) is 58.4 Å². The number of carbonyl (C=O) groups is 1. The van der Waals surface area contributed by atoms with E-state index in [1.165, 1.54) is 0 Å².